The van der Waals surface area contributed by atoms with Crippen LogP contribution in [0.5, 0.6) is 0 Å². The molecule has 2 amide bonds. The average Bonchev–Trinajstić information content (AvgIpc) is 2.34. The number of carboxylic acids is 1. The minimum absolute atomic E-state index is 0.00614. The fourth-order valence-corrected chi connectivity index (χ4v) is 3.11. The van der Waals surface area contributed by atoms with E-state index in [2.05, 4.69) is 5.32 Å². The molecule has 0 aliphatic heterocycles. The number of amides is 2. The van der Waals surface area contributed by atoms with Crippen molar-refractivity contribution in [1.82, 2.24) is 15.1 Å². The molecule has 2 aliphatic rings. The Balaban J connectivity index is 1.66. The van der Waals surface area contributed by atoms with Crippen molar-refractivity contribution in [3.8, 4) is 0 Å². The van der Waals surface area contributed by atoms with E-state index in [1.54, 1.807) is 4.90 Å². The van der Waals surface area contributed by atoms with Crippen molar-refractivity contribution in [2.75, 3.05) is 26.7 Å². The lowest BCUT2D eigenvalue weighted by Crippen LogP contribution is -2.56. The van der Waals surface area contributed by atoms with Gasteiger partial charge >= 0.3 is 12.0 Å². The number of carboxylic acid groups (broad SMARTS) is 1. The van der Waals surface area contributed by atoms with Gasteiger partial charge in [0.25, 0.3) is 0 Å². The molecule has 2 rings (SSSR count). The Bertz CT molecular complexity index is 378. The first kappa shape index (κ1) is 16.1. The average molecular weight is 297 g/mol. The number of likely N-dealkylation sites (N-methyl/N-ethyl adjacent to an activating group) is 1. The van der Waals surface area contributed by atoms with E-state index in [1.807, 2.05) is 18.9 Å². The van der Waals surface area contributed by atoms with Crippen molar-refractivity contribution in [2.45, 2.75) is 51.1 Å². The molecule has 0 radical (unpaired) electrons. The van der Waals surface area contributed by atoms with Gasteiger partial charge in [-0.1, -0.05) is 13.3 Å². The first-order valence-corrected chi connectivity index (χ1v) is 7.97. The number of nitrogens with one attached hydrogen (secondary N) is 1. The van der Waals surface area contributed by atoms with Crippen LogP contribution < -0.4 is 5.32 Å². The largest absolute Gasteiger partial charge is 0.480 e. The maximum atomic E-state index is 12.1. The van der Waals surface area contributed by atoms with Crippen molar-refractivity contribution in [3.63, 3.8) is 0 Å². The van der Waals surface area contributed by atoms with E-state index in [0.717, 1.165) is 25.9 Å². The van der Waals surface area contributed by atoms with Crippen LogP contribution in [-0.2, 0) is 4.79 Å². The molecule has 6 heteroatoms. The first-order valence-electron chi connectivity index (χ1n) is 7.97. The fraction of sp³-hybridized carbons (Fsp3) is 0.867. The predicted molar refractivity (Wildman–Crippen MR) is 80.2 cm³/mol. The molecule has 0 aromatic heterocycles. The summed E-state index contributed by atoms with van der Waals surface area (Å²) in [5, 5.41) is 11.9. The Morgan fingerprint density at radius 3 is 2.43 bits per heavy atom. The maximum Gasteiger partial charge on any atom is 0.317 e. The molecule has 0 saturated heterocycles. The number of carbonyl (C=O) groups is 2. The third-order valence-electron chi connectivity index (χ3n) is 4.81. The van der Waals surface area contributed by atoms with Crippen LogP contribution in [0.4, 0.5) is 4.79 Å². The monoisotopic (exact) mass is 297 g/mol. The summed E-state index contributed by atoms with van der Waals surface area (Å²) in [4.78, 5) is 26.6. The summed E-state index contributed by atoms with van der Waals surface area (Å²) in [6.45, 7) is 3.64. The van der Waals surface area contributed by atoms with Crippen LogP contribution in [0.15, 0.2) is 0 Å². The molecule has 21 heavy (non-hydrogen) atoms. The molecule has 0 aromatic carbocycles. The van der Waals surface area contributed by atoms with Crippen LogP contribution in [0, 0.1) is 5.92 Å². The minimum Gasteiger partial charge on any atom is -0.480 e. The topological polar surface area (TPSA) is 72.9 Å². The van der Waals surface area contributed by atoms with E-state index in [4.69, 9.17) is 5.11 Å². The molecule has 0 spiro atoms. The molecular formula is C15H27N3O3. The number of aliphatic carboxylic acids is 1. The van der Waals surface area contributed by atoms with Gasteiger partial charge in [0.05, 0.1) is 6.54 Å². The van der Waals surface area contributed by atoms with Gasteiger partial charge in [-0.25, -0.2) is 4.79 Å². The standard InChI is InChI=1S/C15H27N3O3/c1-3-18(10-14(19)20)13-7-12(8-13)16-15(21)17(2)9-11-5-4-6-11/h11-13H,3-10H2,1-2H3,(H,16,21)(H,19,20). The van der Waals surface area contributed by atoms with Gasteiger partial charge < -0.3 is 15.3 Å². The number of rotatable bonds is 7. The molecule has 0 aromatic rings. The van der Waals surface area contributed by atoms with E-state index in [9.17, 15) is 9.59 Å². The quantitative estimate of drug-likeness (QED) is 0.744. The SMILES string of the molecule is CCN(CC(=O)O)C1CC(NC(=O)N(C)CC2CCC2)C1. The molecular weight excluding hydrogens is 270 g/mol. The first-order chi connectivity index (χ1) is 9.99. The van der Waals surface area contributed by atoms with Crippen molar-refractivity contribution < 1.29 is 14.7 Å². The summed E-state index contributed by atoms with van der Waals surface area (Å²) in [7, 11) is 1.85. The van der Waals surface area contributed by atoms with Gasteiger partial charge in [0.1, 0.15) is 0 Å². The fourth-order valence-electron chi connectivity index (χ4n) is 3.11. The summed E-state index contributed by atoms with van der Waals surface area (Å²) in [6, 6.07) is 0.481. The zero-order chi connectivity index (χ0) is 15.4. The number of carbonyl (C=O) groups excluding carboxylic acids is 1. The third-order valence-corrected chi connectivity index (χ3v) is 4.81. The van der Waals surface area contributed by atoms with E-state index in [0.29, 0.717) is 5.92 Å². The summed E-state index contributed by atoms with van der Waals surface area (Å²) in [5.74, 6) is -0.106. The van der Waals surface area contributed by atoms with Crippen LogP contribution >= 0.6 is 0 Å². The normalized spacial score (nSPS) is 25.1. The Morgan fingerprint density at radius 1 is 1.29 bits per heavy atom. The second-order valence-corrected chi connectivity index (χ2v) is 6.41. The molecule has 2 fully saturated rings. The summed E-state index contributed by atoms with van der Waals surface area (Å²) in [6.07, 6.45) is 5.47. The van der Waals surface area contributed by atoms with Gasteiger partial charge in [-0.3, -0.25) is 9.69 Å². The van der Waals surface area contributed by atoms with Crippen LogP contribution in [0.2, 0.25) is 0 Å². The molecule has 0 atom stereocenters. The highest BCUT2D eigenvalue weighted by molar-refractivity contribution is 5.74. The van der Waals surface area contributed by atoms with Crippen LogP contribution in [-0.4, -0.2) is 65.7 Å². The Kier molecular flexibility index (Phi) is 5.45. The van der Waals surface area contributed by atoms with Crippen LogP contribution in [0.25, 0.3) is 0 Å². The van der Waals surface area contributed by atoms with Gasteiger partial charge in [0.15, 0.2) is 0 Å². The second-order valence-electron chi connectivity index (χ2n) is 6.41. The van der Waals surface area contributed by atoms with Gasteiger partial charge in [0, 0.05) is 25.7 Å². The zero-order valence-corrected chi connectivity index (χ0v) is 13.0. The lowest BCUT2D eigenvalue weighted by molar-refractivity contribution is -0.139. The molecule has 6 nitrogen and oxygen atoms in total. The summed E-state index contributed by atoms with van der Waals surface area (Å²) < 4.78 is 0. The van der Waals surface area contributed by atoms with E-state index < -0.39 is 5.97 Å². The molecule has 0 unspecified atom stereocenters. The van der Waals surface area contributed by atoms with Gasteiger partial charge in [0.2, 0.25) is 0 Å². The van der Waals surface area contributed by atoms with Crippen LogP contribution in [0.1, 0.15) is 39.0 Å². The highest BCUT2D eigenvalue weighted by Gasteiger charge is 2.35. The smallest absolute Gasteiger partial charge is 0.317 e. The molecule has 2 aliphatic carbocycles. The molecule has 2 N–H and O–H groups in total. The molecule has 2 saturated carbocycles. The molecule has 120 valence electrons. The zero-order valence-electron chi connectivity index (χ0n) is 13.0. The highest BCUT2D eigenvalue weighted by atomic mass is 16.4. The lowest BCUT2D eigenvalue weighted by atomic mass is 9.85. The van der Waals surface area contributed by atoms with Crippen LogP contribution in [0.3, 0.4) is 0 Å². The third kappa shape index (κ3) is 4.33. The Hall–Kier alpha value is -1.30. The van der Waals surface area contributed by atoms with Crippen molar-refractivity contribution in [1.29, 1.82) is 0 Å². The number of urea groups is 1. The van der Waals surface area contributed by atoms with E-state index >= 15 is 0 Å². The van der Waals surface area contributed by atoms with Crippen molar-refractivity contribution in [2.24, 2.45) is 5.92 Å². The van der Waals surface area contributed by atoms with Crippen molar-refractivity contribution >= 4 is 12.0 Å². The van der Waals surface area contributed by atoms with Crippen molar-refractivity contribution in [3.05, 3.63) is 0 Å². The van der Waals surface area contributed by atoms with Gasteiger partial charge in [-0.2, -0.15) is 0 Å². The Morgan fingerprint density at radius 2 is 1.95 bits per heavy atom. The minimum atomic E-state index is -0.787. The van der Waals surface area contributed by atoms with E-state index in [1.165, 1.54) is 19.3 Å². The van der Waals surface area contributed by atoms with E-state index in [-0.39, 0.29) is 24.7 Å². The second kappa shape index (κ2) is 7.11. The Labute approximate surface area is 126 Å². The molecule has 0 bridgehead atoms. The summed E-state index contributed by atoms with van der Waals surface area (Å²) >= 11 is 0. The predicted octanol–water partition coefficient (Wildman–Crippen LogP) is 1.37. The number of hydrogen-bond donors (Lipinski definition) is 2. The molecule has 0 heterocycles. The van der Waals surface area contributed by atoms with Gasteiger partial charge in [-0.05, 0) is 38.1 Å². The van der Waals surface area contributed by atoms with Gasteiger partial charge in [-0.15, -0.1) is 0 Å². The summed E-state index contributed by atoms with van der Waals surface area (Å²) in [5.41, 5.74) is 0. The lowest BCUT2D eigenvalue weighted by Gasteiger charge is -2.42. The number of nitrogens with zero attached hydrogens (tertiary/aromatic N) is 2. The number of hydrogen-bond acceptors (Lipinski definition) is 3. The maximum absolute atomic E-state index is 12.1. The highest BCUT2D eigenvalue weighted by Crippen LogP contribution is 2.28.